The van der Waals surface area contributed by atoms with Crippen LogP contribution in [0.2, 0.25) is 0 Å². The molecule has 1 aliphatic heterocycles. The summed E-state index contributed by atoms with van der Waals surface area (Å²) in [6.07, 6.45) is 15.1. The number of aliphatic imine (C=N–C) groups is 1. The van der Waals surface area contributed by atoms with Crippen LogP contribution in [0.5, 0.6) is 0 Å². The van der Waals surface area contributed by atoms with Crippen molar-refractivity contribution in [2.75, 3.05) is 26.3 Å². The summed E-state index contributed by atoms with van der Waals surface area (Å²) in [6, 6.07) is 0.761. The molecule has 3 saturated carbocycles. The zero-order valence-corrected chi connectivity index (χ0v) is 20.4. The summed E-state index contributed by atoms with van der Waals surface area (Å²) in [6.45, 7) is 2.97. The maximum atomic E-state index is 13.7. The molecule has 0 spiro atoms. The Labute approximate surface area is 199 Å². The fourth-order valence-electron chi connectivity index (χ4n) is 5.57. The smallest absolute Gasteiger partial charge is 0.417 e. The first kappa shape index (κ1) is 25.6. The van der Waals surface area contributed by atoms with Crippen molar-refractivity contribution in [3.63, 3.8) is 0 Å². The van der Waals surface area contributed by atoms with E-state index in [1.807, 2.05) is 4.90 Å². The summed E-state index contributed by atoms with van der Waals surface area (Å²) in [5.41, 5.74) is 6.07. The maximum Gasteiger partial charge on any atom is 0.417 e. The zero-order chi connectivity index (χ0) is 21.5. The number of guanidine groups is 1. The van der Waals surface area contributed by atoms with Gasteiger partial charge >= 0.3 is 6.09 Å². The second kappa shape index (κ2) is 13.0. The van der Waals surface area contributed by atoms with E-state index in [4.69, 9.17) is 20.2 Å². The minimum absolute atomic E-state index is 0. The Morgan fingerprint density at radius 1 is 0.875 bits per heavy atom. The third-order valence-electron chi connectivity index (χ3n) is 7.51. The van der Waals surface area contributed by atoms with E-state index in [-0.39, 0.29) is 36.7 Å². The minimum Gasteiger partial charge on any atom is -0.446 e. The van der Waals surface area contributed by atoms with Crippen molar-refractivity contribution < 1.29 is 14.3 Å². The van der Waals surface area contributed by atoms with E-state index in [1.165, 1.54) is 38.5 Å². The lowest BCUT2D eigenvalue weighted by atomic mass is 9.93. The molecular weight excluding hydrogens is 428 g/mol. The summed E-state index contributed by atoms with van der Waals surface area (Å²) in [4.78, 5) is 23.2. The maximum absolute atomic E-state index is 13.7. The highest BCUT2D eigenvalue weighted by Crippen LogP contribution is 2.28. The van der Waals surface area contributed by atoms with E-state index >= 15 is 0 Å². The molecule has 0 bridgehead atoms. The van der Waals surface area contributed by atoms with Gasteiger partial charge in [0.25, 0.3) is 0 Å². The van der Waals surface area contributed by atoms with Crippen LogP contribution in [0.15, 0.2) is 4.99 Å². The highest BCUT2D eigenvalue weighted by Gasteiger charge is 2.36. The second-order valence-corrected chi connectivity index (χ2v) is 9.90. The SMILES string of the molecule is Cl.NC1CCC(OC(=O)N(C(=NC2CCCCC2)N2CCOCC2)C2CCCCC2)CC1. The number of carbonyl (C=O) groups excluding carboxylic acids is 1. The minimum atomic E-state index is -0.187. The molecule has 7 nitrogen and oxygen atoms in total. The number of hydrogen-bond donors (Lipinski definition) is 1. The van der Waals surface area contributed by atoms with Gasteiger partial charge in [-0.25, -0.2) is 14.7 Å². The first-order valence-corrected chi connectivity index (χ1v) is 12.9. The molecule has 1 saturated heterocycles. The molecule has 1 amide bonds. The van der Waals surface area contributed by atoms with Gasteiger partial charge < -0.3 is 20.1 Å². The Kier molecular flexibility index (Phi) is 10.4. The van der Waals surface area contributed by atoms with Crippen molar-refractivity contribution in [2.24, 2.45) is 10.7 Å². The van der Waals surface area contributed by atoms with Crippen LogP contribution in [0.3, 0.4) is 0 Å². The van der Waals surface area contributed by atoms with Gasteiger partial charge in [-0.1, -0.05) is 38.5 Å². The fourth-order valence-corrected chi connectivity index (χ4v) is 5.57. The quantitative estimate of drug-likeness (QED) is 0.486. The van der Waals surface area contributed by atoms with E-state index in [9.17, 15) is 4.79 Å². The van der Waals surface area contributed by atoms with Gasteiger partial charge in [0.2, 0.25) is 5.96 Å². The number of carbonyl (C=O) groups is 1. The monoisotopic (exact) mass is 470 g/mol. The van der Waals surface area contributed by atoms with Gasteiger partial charge in [-0.2, -0.15) is 0 Å². The number of nitrogens with two attached hydrogens (primary N) is 1. The lowest BCUT2D eigenvalue weighted by molar-refractivity contribution is 0.0343. The van der Waals surface area contributed by atoms with Gasteiger partial charge in [-0.05, 0) is 51.4 Å². The largest absolute Gasteiger partial charge is 0.446 e. The van der Waals surface area contributed by atoms with Crippen LogP contribution in [0.1, 0.15) is 89.9 Å². The average molecular weight is 471 g/mol. The summed E-state index contributed by atoms with van der Waals surface area (Å²) in [7, 11) is 0. The Hall–Kier alpha value is -1.05. The Balaban J connectivity index is 0.00000289. The number of morpholine rings is 1. The lowest BCUT2D eigenvalue weighted by Gasteiger charge is -2.41. The number of rotatable bonds is 3. The van der Waals surface area contributed by atoms with E-state index in [0.717, 1.165) is 70.4 Å². The third-order valence-corrected chi connectivity index (χ3v) is 7.51. The van der Waals surface area contributed by atoms with E-state index in [0.29, 0.717) is 19.3 Å². The standard InChI is InChI=1S/C24H42N4O3.ClH/c25-19-11-13-22(14-12-19)31-24(29)28(21-9-5-2-6-10-21)23(27-15-17-30-18-16-27)26-20-7-3-1-4-8-20;/h19-22H,1-18,25H2;1H. The first-order chi connectivity index (χ1) is 15.2. The molecular formula is C24H43ClN4O3. The van der Waals surface area contributed by atoms with Crippen LogP contribution in [0.25, 0.3) is 0 Å². The number of amides is 1. The van der Waals surface area contributed by atoms with Crippen LogP contribution in [-0.2, 0) is 9.47 Å². The van der Waals surface area contributed by atoms with Crippen LogP contribution in [0, 0.1) is 0 Å². The van der Waals surface area contributed by atoms with Gasteiger partial charge in [-0.3, -0.25) is 0 Å². The molecule has 0 atom stereocenters. The molecule has 4 fully saturated rings. The molecule has 4 aliphatic rings. The molecule has 0 unspecified atom stereocenters. The number of hydrogen-bond acceptors (Lipinski definition) is 5. The fraction of sp³-hybridized carbons (Fsp3) is 0.917. The van der Waals surface area contributed by atoms with Crippen molar-refractivity contribution in [3.8, 4) is 0 Å². The topological polar surface area (TPSA) is 80.4 Å². The molecule has 4 rings (SSSR count). The average Bonchev–Trinajstić information content (AvgIpc) is 2.82. The zero-order valence-electron chi connectivity index (χ0n) is 19.6. The molecule has 0 aromatic heterocycles. The van der Waals surface area contributed by atoms with Gasteiger partial charge in [0.1, 0.15) is 6.10 Å². The van der Waals surface area contributed by atoms with Crippen LogP contribution in [-0.4, -0.2) is 72.4 Å². The highest BCUT2D eigenvalue weighted by molar-refractivity contribution is 5.94. The molecule has 0 radical (unpaired) electrons. The Bertz CT molecular complexity index is 594. The van der Waals surface area contributed by atoms with Crippen molar-refractivity contribution >= 4 is 24.5 Å². The van der Waals surface area contributed by atoms with Gasteiger partial charge in [0, 0.05) is 25.2 Å². The Morgan fingerprint density at radius 3 is 2.09 bits per heavy atom. The summed E-state index contributed by atoms with van der Waals surface area (Å²) >= 11 is 0. The van der Waals surface area contributed by atoms with E-state index in [1.54, 1.807) is 0 Å². The number of nitrogens with zero attached hydrogens (tertiary/aromatic N) is 3. The molecule has 0 aromatic carbocycles. The van der Waals surface area contributed by atoms with Crippen molar-refractivity contribution in [2.45, 2.75) is 114 Å². The van der Waals surface area contributed by atoms with Crippen molar-refractivity contribution in [3.05, 3.63) is 0 Å². The summed E-state index contributed by atoms with van der Waals surface area (Å²) in [5, 5.41) is 0. The number of ether oxygens (including phenoxy) is 2. The van der Waals surface area contributed by atoms with Gasteiger partial charge in [0.05, 0.1) is 19.3 Å². The molecule has 32 heavy (non-hydrogen) atoms. The van der Waals surface area contributed by atoms with Crippen molar-refractivity contribution in [1.82, 2.24) is 9.80 Å². The van der Waals surface area contributed by atoms with E-state index in [2.05, 4.69) is 4.90 Å². The second-order valence-electron chi connectivity index (χ2n) is 9.90. The molecule has 8 heteroatoms. The third kappa shape index (κ3) is 6.97. The lowest BCUT2D eigenvalue weighted by Crippen LogP contribution is -2.56. The van der Waals surface area contributed by atoms with Gasteiger partial charge in [0.15, 0.2) is 0 Å². The van der Waals surface area contributed by atoms with Crippen molar-refractivity contribution in [1.29, 1.82) is 0 Å². The predicted octanol–water partition coefficient (Wildman–Crippen LogP) is 4.47. The van der Waals surface area contributed by atoms with Gasteiger partial charge in [-0.15, -0.1) is 12.4 Å². The summed E-state index contributed by atoms with van der Waals surface area (Å²) in [5.74, 6) is 0.861. The molecule has 1 heterocycles. The molecule has 0 aromatic rings. The number of halogens is 1. The van der Waals surface area contributed by atoms with Crippen LogP contribution in [0.4, 0.5) is 4.79 Å². The van der Waals surface area contributed by atoms with Crippen LogP contribution < -0.4 is 5.73 Å². The molecule has 184 valence electrons. The van der Waals surface area contributed by atoms with E-state index < -0.39 is 0 Å². The normalized spacial score (nSPS) is 28.7. The van der Waals surface area contributed by atoms with Crippen LogP contribution >= 0.6 is 12.4 Å². The molecule has 3 aliphatic carbocycles. The molecule has 2 N–H and O–H groups in total. The Morgan fingerprint density at radius 2 is 1.47 bits per heavy atom. The summed E-state index contributed by atoms with van der Waals surface area (Å²) < 4.78 is 11.7. The first-order valence-electron chi connectivity index (χ1n) is 12.9. The predicted molar refractivity (Wildman–Crippen MR) is 129 cm³/mol. The highest BCUT2D eigenvalue weighted by atomic mass is 35.5.